The van der Waals surface area contributed by atoms with E-state index in [1.54, 1.807) is 12.1 Å². The van der Waals surface area contributed by atoms with Gasteiger partial charge in [-0.2, -0.15) is 0 Å². The van der Waals surface area contributed by atoms with Crippen LogP contribution in [0.4, 0.5) is 0 Å². The van der Waals surface area contributed by atoms with Crippen molar-refractivity contribution in [2.24, 2.45) is 5.41 Å². The average molecular weight is 292 g/mol. The molecule has 0 atom stereocenters. The van der Waals surface area contributed by atoms with Gasteiger partial charge < -0.3 is 15.7 Å². The van der Waals surface area contributed by atoms with Crippen LogP contribution in [0.1, 0.15) is 36.2 Å². The zero-order valence-electron chi connectivity index (χ0n) is 12.9. The number of aliphatic hydroxyl groups is 1. The highest BCUT2D eigenvalue weighted by Crippen LogP contribution is 2.17. The second kappa shape index (κ2) is 7.78. The maximum absolute atomic E-state index is 11.8. The zero-order chi connectivity index (χ0) is 15.9. The van der Waals surface area contributed by atoms with Crippen molar-refractivity contribution in [2.75, 3.05) is 19.7 Å². The maximum Gasteiger partial charge on any atom is 0.251 e. The molecular weight excluding hydrogens is 268 g/mol. The van der Waals surface area contributed by atoms with Crippen LogP contribution in [0.15, 0.2) is 24.3 Å². The van der Waals surface area contributed by atoms with E-state index >= 15 is 0 Å². The first-order valence-corrected chi connectivity index (χ1v) is 7.06. The highest BCUT2D eigenvalue weighted by Gasteiger charge is 2.18. The smallest absolute Gasteiger partial charge is 0.251 e. The summed E-state index contributed by atoms with van der Waals surface area (Å²) in [6.07, 6.45) is 0.614. The fourth-order valence-corrected chi connectivity index (χ4v) is 1.76. The third-order valence-electron chi connectivity index (χ3n) is 3.28. The van der Waals surface area contributed by atoms with Crippen molar-refractivity contribution in [2.45, 2.75) is 27.2 Å². The molecular formula is C16H24N2O3. The summed E-state index contributed by atoms with van der Waals surface area (Å²) in [5.41, 5.74) is 1.45. The van der Waals surface area contributed by atoms with Crippen molar-refractivity contribution in [1.82, 2.24) is 10.6 Å². The number of rotatable bonds is 7. The number of carbonyl (C=O) groups excluding carboxylic acids is 2. The number of hydrogen-bond donors (Lipinski definition) is 3. The molecule has 116 valence electrons. The molecule has 3 N–H and O–H groups in total. The van der Waals surface area contributed by atoms with Crippen LogP contribution < -0.4 is 10.6 Å². The molecule has 5 heteroatoms. The van der Waals surface area contributed by atoms with Crippen molar-refractivity contribution < 1.29 is 14.7 Å². The molecule has 2 amide bonds. The van der Waals surface area contributed by atoms with Crippen molar-refractivity contribution in [1.29, 1.82) is 0 Å². The van der Waals surface area contributed by atoms with Gasteiger partial charge in [0.05, 0.1) is 6.54 Å². The molecule has 0 unspecified atom stereocenters. The first kappa shape index (κ1) is 17.2. The van der Waals surface area contributed by atoms with E-state index in [1.165, 1.54) is 0 Å². The Balaban J connectivity index is 2.36. The first-order valence-electron chi connectivity index (χ1n) is 7.06. The topological polar surface area (TPSA) is 78.4 Å². The van der Waals surface area contributed by atoms with Crippen LogP contribution >= 0.6 is 0 Å². The van der Waals surface area contributed by atoms with E-state index in [-0.39, 0.29) is 30.4 Å². The number of aliphatic hydroxyl groups excluding tert-OH is 1. The number of benzene rings is 1. The Bertz CT molecular complexity index is 481. The molecule has 5 nitrogen and oxygen atoms in total. The molecule has 1 aromatic carbocycles. The molecule has 21 heavy (non-hydrogen) atoms. The summed E-state index contributed by atoms with van der Waals surface area (Å²) in [7, 11) is 0. The van der Waals surface area contributed by atoms with Gasteiger partial charge in [-0.1, -0.05) is 31.5 Å². The summed E-state index contributed by atoms with van der Waals surface area (Å²) in [6, 6.07) is 7.17. The molecule has 1 rings (SSSR count). The maximum atomic E-state index is 11.8. The van der Waals surface area contributed by atoms with Crippen LogP contribution in [0, 0.1) is 12.3 Å². The fraction of sp³-hybridized carbons (Fsp3) is 0.500. The number of aryl methyl sites for hydroxylation is 1. The van der Waals surface area contributed by atoms with Gasteiger partial charge in [0.2, 0.25) is 5.91 Å². The lowest BCUT2D eigenvalue weighted by Gasteiger charge is -2.23. The van der Waals surface area contributed by atoms with Gasteiger partial charge >= 0.3 is 0 Å². The van der Waals surface area contributed by atoms with Gasteiger partial charge in [-0.05, 0) is 30.9 Å². The van der Waals surface area contributed by atoms with Gasteiger partial charge in [-0.15, -0.1) is 0 Å². The average Bonchev–Trinajstić information content (AvgIpc) is 2.43. The quantitative estimate of drug-likeness (QED) is 0.707. The minimum absolute atomic E-state index is 0.0537. The summed E-state index contributed by atoms with van der Waals surface area (Å²) < 4.78 is 0. The SMILES string of the molecule is Cc1ccc(C(=O)NCC(=O)NCC(C)(C)CCO)cc1. The molecule has 0 heterocycles. The number of nitrogens with one attached hydrogen (secondary N) is 2. The lowest BCUT2D eigenvalue weighted by atomic mass is 9.90. The van der Waals surface area contributed by atoms with E-state index in [2.05, 4.69) is 10.6 Å². The molecule has 0 bridgehead atoms. The van der Waals surface area contributed by atoms with E-state index in [1.807, 2.05) is 32.9 Å². The Morgan fingerprint density at radius 3 is 2.33 bits per heavy atom. The van der Waals surface area contributed by atoms with Crippen LogP contribution in [0.3, 0.4) is 0 Å². The third kappa shape index (κ3) is 6.40. The lowest BCUT2D eigenvalue weighted by molar-refractivity contribution is -0.120. The molecule has 0 radical (unpaired) electrons. The van der Waals surface area contributed by atoms with Crippen molar-refractivity contribution in [3.05, 3.63) is 35.4 Å². The van der Waals surface area contributed by atoms with E-state index < -0.39 is 0 Å². The van der Waals surface area contributed by atoms with Crippen molar-refractivity contribution in [3.63, 3.8) is 0 Å². The van der Waals surface area contributed by atoms with E-state index in [9.17, 15) is 9.59 Å². The standard InChI is InChI=1S/C16H24N2O3/c1-12-4-6-13(7-5-12)15(21)17-10-14(20)18-11-16(2,3)8-9-19/h4-7,19H,8-11H2,1-3H3,(H,17,21)(H,18,20). The van der Waals surface area contributed by atoms with Crippen LogP contribution in [0.5, 0.6) is 0 Å². The van der Waals surface area contributed by atoms with Gasteiger partial charge in [-0.25, -0.2) is 0 Å². The van der Waals surface area contributed by atoms with Crippen LogP contribution in [0.2, 0.25) is 0 Å². The second-order valence-electron chi connectivity index (χ2n) is 5.96. The summed E-state index contributed by atoms with van der Waals surface area (Å²) in [5, 5.41) is 14.3. The predicted octanol–water partition coefficient (Wildman–Crippen LogP) is 1.25. The van der Waals surface area contributed by atoms with Crippen LogP contribution in [-0.4, -0.2) is 36.6 Å². The highest BCUT2D eigenvalue weighted by molar-refractivity contribution is 5.96. The molecule has 0 aliphatic rings. The number of amides is 2. The third-order valence-corrected chi connectivity index (χ3v) is 3.28. The second-order valence-corrected chi connectivity index (χ2v) is 5.96. The Labute approximate surface area is 125 Å². The predicted molar refractivity (Wildman–Crippen MR) is 82.0 cm³/mol. The first-order chi connectivity index (χ1) is 9.84. The van der Waals surface area contributed by atoms with Crippen molar-refractivity contribution in [3.8, 4) is 0 Å². The Morgan fingerprint density at radius 2 is 1.76 bits per heavy atom. The summed E-state index contributed by atoms with van der Waals surface area (Å²) in [4.78, 5) is 23.5. The van der Waals surface area contributed by atoms with Gasteiger partial charge in [0.15, 0.2) is 0 Å². The summed E-state index contributed by atoms with van der Waals surface area (Å²) in [6.45, 7) is 6.38. The molecule has 0 spiro atoms. The van der Waals surface area contributed by atoms with Gasteiger partial charge in [0.25, 0.3) is 5.91 Å². The summed E-state index contributed by atoms with van der Waals surface area (Å²) in [5.74, 6) is -0.499. The van der Waals surface area contributed by atoms with Crippen LogP contribution in [-0.2, 0) is 4.79 Å². The highest BCUT2D eigenvalue weighted by atomic mass is 16.3. The Kier molecular flexibility index (Phi) is 6.37. The van der Waals surface area contributed by atoms with Gasteiger partial charge in [0, 0.05) is 18.7 Å². The zero-order valence-corrected chi connectivity index (χ0v) is 12.9. The van der Waals surface area contributed by atoms with E-state index in [0.29, 0.717) is 18.5 Å². The molecule has 0 aliphatic heterocycles. The number of carbonyl (C=O) groups is 2. The molecule has 0 fully saturated rings. The van der Waals surface area contributed by atoms with E-state index in [4.69, 9.17) is 5.11 Å². The molecule has 0 aliphatic carbocycles. The minimum Gasteiger partial charge on any atom is -0.396 e. The fourth-order valence-electron chi connectivity index (χ4n) is 1.76. The molecule has 0 aromatic heterocycles. The normalized spacial score (nSPS) is 11.0. The largest absolute Gasteiger partial charge is 0.396 e. The van der Waals surface area contributed by atoms with Gasteiger partial charge in [0.1, 0.15) is 0 Å². The van der Waals surface area contributed by atoms with Gasteiger partial charge in [-0.3, -0.25) is 9.59 Å². The number of hydrogen-bond acceptors (Lipinski definition) is 3. The molecule has 0 saturated carbocycles. The summed E-state index contributed by atoms with van der Waals surface area (Å²) >= 11 is 0. The Morgan fingerprint density at radius 1 is 1.14 bits per heavy atom. The monoisotopic (exact) mass is 292 g/mol. The minimum atomic E-state index is -0.264. The van der Waals surface area contributed by atoms with E-state index in [0.717, 1.165) is 5.56 Å². The van der Waals surface area contributed by atoms with Crippen LogP contribution in [0.25, 0.3) is 0 Å². The molecule has 0 saturated heterocycles. The Hall–Kier alpha value is -1.88. The van der Waals surface area contributed by atoms with Crippen molar-refractivity contribution >= 4 is 11.8 Å². The lowest BCUT2D eigenvalue weighted by Crippen LogP contribution is -2.41. The molecule has 1 aromatic rings.